The van der Waals surface area contributed by atoms with Crippen LogP contribution in [0.3, 0.4) is 0 Å². The van der Waals surface area contributed by atoms with Crippen molar-refractivity contribution in [2.75, 3.05) is 30.5 Å². The number of aryl methyl sites for hydroxylation is 1. The van der Waals surface area contributed by atoms with E-state index in [1.165, 1.54) is 11.1 Å². The van der Waals surface area contributed by atoms with Gasteiger partial charge in [0.25, 0.3) is 11.8 Å². The van der Waals surface area contributed by atoms with Crippen LogP contribution in [-0.2, 0) is 21.7 Å². The molecule has 0 bridgehead atoms. The Morgan fingerprint density at radius 1 is 1.07 bits per heavy atom. The third kappa shape index (κ3) is 8.43. The lowest BCUT2D eigenvalue weighted by atomic mass is 9.82. The molecule has 3 heterocycles. The number of hydrogen-bond donors (Lipinski definition) is 3. The van der Waals surface area contributed by atoms with E-state index in [-0.39, 0.29) is 35.8 Å². The number of anilines is 2. The second-order valence-corrected chi connectivity index (χ2v) is 19.9. The van der Waals surface area contributed by atoms with E-state index >= 15 is 4.79 Å². The Balaban J connectivity index is 1.32. The lowest BCUT2D eigenvalue weighted by Gasteiger charge is -2.32. The number of carbonyl (C=O) groups excluding carboxylic acids is 2. The Labute approximate surface area is 331 Å². The monoisotopic (exact) mass is 777 g/mol. The third-order valence-corrected chi connectivity index (χ3v) is 13.8. The van der Waals surface area contributed by atoms with Crippen LogP contribution < -0.4 is 15.0 Å². The van der Waals surface area contributed by atoms with Gasteiger partial charge in [0, 0.05) is 47.6 Å². The number of benzene rings is 3. The summed E-state index contributed by atoms with van der Waals surface area (Å²) in [4.78, 5) is 42.1. The summed E-state index contributed by atoms with van der Waals surface area (Å²) in [5, 5.41) is 22.0. The summed E-state index contributed by atoms with van der Waals surface area (Å²) in [7, 11) is -1.36. The number of fused-ring (bicyclic) bond motifs is 2. The Kier molecular flexibility index (Phi) is 12.4. The zero-order valence-electron chi connectivity index (χ0n) is 33.5. The number of nitrogens with zero attached hydrogens (tertiary/aromatic N) is 4. The molecule has 2 aliphatic heterocycles. The first kappa shape index (κ1) is 40.8. The van der Waals surface area contributed by atoms with Gasteiger partial charge in [0.1, 0.15) is 5.75 Å². The van der Waals surface area contributed by atoms with Crippen LogP contribution in [0.5, 0.6) is 5.75 Å². The second kappa shape index (κ2) is 17.1. The SMILES string of the molecule is COc1ccc(C(=O)Nc2ccc3c(c2)[C@@]2(O[C@H](CCn4cc(C(CO)c5ccccc5)nn4)[C@@H]([Si](C)(C)O)[C@@H]2C)C(=O)N3C/C=C(\C)CCC=C(C)C)cc1. The number of methoxy groups -OCH3 is 1. The first-order valence-electron chi connectivity index (χ1n) is 19.4. The first-order chi connectivity index (χ1) is 26.8. The zero-order valence-corrected chi connectivity index (χ0v) is 34.5. The summed E-state index contributed by atoms with van der Waals surface area (Å²) < 4.78 is 14.1. The minimum absolute atomic E-state index is 0.106. The molecule has 56 heavy (non-hydrogen) atoms. The Morgan fingerprint density at radius 2 is 1.80 bits per heavy atom. The molecule has 4 aromatic rings. The number of ether oxygens (including phenoxy) is 2. The van der Waals surface area contributed by atoms with Crippen LogP contribution >= 0.6 is 0 Å². The van der Waals surface area contributed by atoms with Gasteiger partial charge in [0.15, 0.2) is 13.9 Å². The van der Waals surface area contributed by atoms with E-state index in [0.29, 0.717) is 47.8 Å². The van der Waals surface area contributed by atoms with Crippen molar-refractivity contribution in [3.8, 4) is 5.75 Å². The number of nitrogens with one attached hydrogen (secondary N) is 1. The predicted molar refractivity (Wildman–Crippen MR) is 221 cm³/mol. The van der Waals surface area contributed by atoms with Gasteiger partial charge in [-0.3, -0.25) is 14.3 Å². The number of carbonyl (C=O) groups is 2. The summed E-state index contributed by atoms with van der Waals surface area (Å²) in [6, 6.07) is 22.2. The van der Waals surface area contributed by atoms with Gasteiger partial charge >= 0.3 is 0 Å². The van der Waals surface area contributed by atoms with Crippen LogP contribution in [-0.4, -0.2) is 71.4 Å². The smallest absolute Gasteiger partial charge is 0.264 e. The molecule has 1 spiro atoms. The van der Waals surface area contributed by atoms with Crippen molar-refractivity contribution >= 4 is 31.5 Å². The summed E-state index contributed by atoms with van der Waals surface area (Å²) in [5.74, 6) is -0.502. The molecular weight excluding hydrogens is 723 g/mol. The van der Waals surface area contributed by atoms with Crippen molar-refractivity contribution < 1.29 is 29.0 Å². The molecule has 1 aromatic heterocycles. The molecule has 3 aromatic carbocycles. The summed E-state index contributed by atoms with van der Waals surface area (Å²) >= 11 is 0. The van der Waals surface area contributed by atoms with Gasteiger partial charge in [0.2, 0.25) is 0 Å². The minimum atomic E-state index is -2.94. The normalized spacial score (nSPS) is 21.3. The largest absolute Gasteiger partial charge is 0.497 e. The van der Waals surface area contributed by atoms with Gasteiger partial charge in [-0.25, -0.2) is 0 Å². The number of amides is 2. The zero-order chi connectivity index (χ0) is 40.2. The molecule has 3 N–H and O–H groups in total. The van der Waals surface area contributed by atoms with Gasteiger partial charge in [-0.15, -0.1) is 5.10 Å². The summed E-state index contributed by atoms with van der Waals surface area (Å²) in [6.45, 7) is 12.8. The highest BCUT2D eigenvalue weighted by Crippen LogP contribution is 2.60. The van der Waals surface area contributed by atoms with E-state index in [4.69, 9.17) is 9.47 Å². The Morgan fingerprint density at radius 3 is 2.46 bits per heavy atom. The molecule has 1 fully saturated rings. The molecular formula is C44H55N5O6Si. The topological polar surface area (TPSA) is 139 Å². The van der Waals surface area contributed by atoms with E-state index in [1.54, 1.807) is 41.0 Å². The van der Waals surface area contributed by atoms with Gasteiger partial charge < -0.3 is 29.6 Å². The highest BCUT2D eigenvalue weighted by Gasteiger charge is 2.66. The minimum Gasteiger partial charge on any atom is -0.497 e. The van der Waals surface area contributed by atoms with Crippen LogP contribution in [0.4, 0.5) is 11.4 Å². The van der Waals surface area contributed by atoms with Gasteiger partial charge in [-0.2, -0.15) is 0 Å². The molecule has 5 atom stereocenters. The maximum Gasteiger partial charge on any atom is 0.264 e. The number of aliphatic hydroxyl groups is 1. The Hall–Kier alpha value is -4.88. The second-order valence-electron chi connectivity index (χ2n) is 15.9. The molecule has 0 saturated carbocycles. The van der Waals surface area contributed by atoms with Crippen LogP contribution in [0.1, 0.15) is 80.1 Å². The maximum atomic E-state index is 15.0. The Bertz CT molecular complexity index is 2070. The van der Waals surface area contributed by atoms with E-state index in [1.807, 2.05) is 74.7 Å². The van der Waals surface area contributed by atoms with Crippen LogP contribution in [0, 0.1) is 5.92 Å². The van der Waals surface area contributed by atoms with Gasteiger partial charge in [-0.1, -0.05) is 65.8 Å². The molecule has 0 radical (unpaired) electrons. The van der Waals surface area contributed by atoms with E-state index < -0.39 is 20.0 Å². The number of rotatable bonds is 15. The quantitative estimate of drug-likeness (QED) is 0.0830. The fourth-order valence-electron chi connectivity index (χ4n) is 8.39. The average Bonchev–Trinajstić information content (AvgIpc) is 3.83. The molecule has 1 saturated heterocycles. The molecule has 12 heteroatoms. The molecule has 2 amide bonds. The fraction of sp³-hybridized carbons (Fsp3) is 0.409. The highest BCUT2D eigenvalue weighted by atomic mass is 28.4. The number of aliphatic hydroxyl groups excluding tert-OH is 1. The average molecular weight is 778 g/mol. The van der Waals surface area contributed by atoms with Crippen molar-refractivity contribution in [2.24, 2.45) is 5.92 Å². The van der Waals surface area contributed by atoms with Gasteiger partial charge in [-0.05, 0) is 101 Å². The van der Waals surface area contributed by atoms with Crippen LogP contribution in [0.15, 0.2) is 102 Å². The molecule has 11 nitrogen and oxygen atoms in total. The van der Waals surface area contributed by atoms with Crippen molar-refractivity contribution in [3.05, 3.63) is 125 Å². The van der Waals surface area contributed by atoms with Crippen molar-refractivity contribution in [1.82, 2.24) is 15.0 Å². The van der Waals surface area contributed by atoms with Crippen LogP contribution in [0.25, 0.3) is 0 Å². The van der Waals surface area contributed by atoms with E-state index in [2.05, 4.69) is 48.6 Å². The lowest BCUT2D eigenvalue weighted by molar-refractivity contribution is -0.145. The summed E-state index contributed by atoms with van der Waals surface area (Å²) in [6.07, 6.45) is 7.99. The highest BCUT2D eigenvalue weighted by molar-refractivity contribution is 6.71. The molecule has 6 rings (SSSR count). The predicted octanol–water partition coefficient (Wildman–Crippen LogP) is 7.59. The number of aromatic nitrogens is 3. The van der Waals surface area contributed by atoms with Crippen LogP contribution in [0.2, 0.25) is 18.6 Å². The third-order valence-electron chi connectivity index (χ3n) is 11.2. The van der Waals surface area contributed by atoms with Crippen molar-refractivity contribution in [1.29, 1.82) is 0 Å². The molecule has 0 aliphatic carbocycles. The standard InChI is InChI=1S/C44H55N5O6Si/c1-29(2)12-11-13-30(3)22-25-49-39-21-18-34(45-42(51)33-16-19-35(54-5)20-17-33)26-37(39)44(43(49)52)31(4)41(56(6,7)53)40(55-44)23-24-48-27-38(46-47-48)36(28-50)32-14-9-8-10-15-32/h8-10,12,14-22,26-27,31,36,40-41,50,53H,11,13,23-25,28H2,1-7H3,(H,45,51)/b30-22+/t31-,36?,40+,41-,44+/m0/s1. The first-order valence-corrected chi connectivity index (χ1v) is 22.5. The molecule has 2 aliphatic rings. The summed E-state index contributed by atoms with van der Waals surface area (Å²) in [5.41, 5.74) is 4.80. The lowest BCUT2D eigenvalue weighted by Crippen LogP contribution is -2.46. The van der Waals surface area contributed by atoms with E-state index in [0.717, 1.165) is 24.1 Å². The van der Waals surface area contributed by atoms with Crippen molar-refractivity contribution in [3.63, 3.8) is 0 Å². The van der Waals surface area contributed by atoms with Gasteiger partial charge in [0.05, 0.1) is 37.1 Å². The fourth-order valence-corrected chi connectivity index (χ4v) is 11.0. The number of hydrogen-bond acceptors (Lipinski definition) is 8. The maximum absolute atomic E-state index is 15.0. The molecule has 1 unspecified atom stereocenters. The molecule has 296 valence electrons. The van der Waals surface area contributed by atoms with Crippen molar-refractivity contribution in [2.45, 2.75) is 89.8 Å². The number of allylic oxidation sites excluding steroid dienone is 3. The van der Waals surface area contributed by atoms with E-state index in [9.17, 15) is 14.7 Å².